The van der Waals surface area contributed by atoms with Crippen LogP contribution in [0.5, 0.6) is 0 Å². The molecule has 0 aromatic carbocycles. The number of nitrogens with zero attached hydrogens (tertiary/aromatic N) is 3. The zero-order chi connectivity index (χ0) is 14.7. The number of aromatic nitrogens is 2. The zero-order valence-electron chi connectivity index (χ0n) is 10.7. The first-order chi connectivity index (χ1) is 9.47. The van der Waals surface area contributed by atoms with Gasteiger partial charge in [0.15, 0.2) is 0 Å². The van der Waals surface area contributed by atoms with Crippen LogP contribution in [-0.4, -0.2) is 32.0 Å². The molecule has 9 nitrogen and oxygen atoms in total. The second-order valence-electron chi connectivity index (χ2n) is 4.75. The van der Waals surface area contributed by atoms with Crippen LogP contribution in [0.4, 0.5) is 17.5 Å². The summed E-state index contributed by atoms with van der Waals surface area (Å²) in [7, 11) is 0. The Hall–Kier alpha value is -2.45. The van der Waals surface area contributed by atoms with Crippen LogP contribution in [0.15, 0.2) is 6.20 Å². The predicted molar refractivity (Wildman–Crippen MR) is 70.1 cm³/mol. The lowest BCUT2D eigenvalue weighted by molar-refractivity contribution is -0.384. The molecule has 1 saturated carbocycles. The number of carboxylic acids is 1. The van der Waals surface area contributed by atoms with Crippen LogP contribution in [0.1, 0.15) is 25.7 Å². The van der Waals surface area contributed by atoms with Crippen molar-refractivity contribution in [2.45, 2.75) is 31.7 Å². The molecule has 1 aliphatic rings. The number of nitrogens with one attached hydrogen (secondary N) is 1. The lowest BCUT2D eigenvalue weighted by atomic mass is 9.86. The summed E-state index contributed by atoms with van der Waals surface area (Å²) in [5.74, 6) is -1.02. The molecule has 1 aliphatic carbocycles. The van der Waals surface area contributed by atoms with Gasteiger partial charge in [-0.2, -0.15) is 4.98 Å². The van der Waals surface area contributed by atoms with Gasteiger partial charge in [-0.25, -0.2) is 4.98 Å². The maximum absolute atomic E-state index is 10.8. The predicted octanol–water partition coefficient (Wildman–Crippen LogP) is 1.02. The van der Waals surface area contributed by atoms with Crippen molar-refractivity contribution in [3.8, 4) is 0 Å². The quantitative estimate of drug-likeness (QED) is 0.548. The van der Waals surface area contributed by atoms with Crippen molar-refractivity contribution in [2.75, 3.05) is 11.1 Å². The highest BCUT2D eigenvalue weighted by atomic mass is 16.6. The van der Waals surface area contributed by atoms with Gasteiger partial charge in [0.25, 0.3) is 0 Å². The Morgan fingerprint density at radius 1 is 1.45 bits per heavy atom. The molecule has 0 spiro atoms. The first kappa shape index (κ1) is 14.0. The van der Waals surface area contributed by atoms with Gasteiger partial charge in [0.1, 0.15) is 6.20 Å². The lowest BCUT2D eigenvalue weighted by Crippen LogP contribution is -2.30. The molecule has 0 bridgehead atoms. The van der Waals surface area contributed by atoms with Crippen LogP contribution in [-0.2, 0) is 4.79 Å². The Kier molecular flexibility index (Phi) is 3.97. The fourth-order valence-electron chi connectivity index (χ4n) is 2.27. The van der Waals surface area contributed by atoms with E-state index in [4.69, 9.17) is 10.8 Å². The second-order valence-corrected chi connectivity index (χ2v) is 4.75. The van der Waals surface area contributed by atoms with Crippen LogP contribution in [0, 0.1) is 16.0 Å². The maximum atomic E-state index is 10.8. The van der Waals surface area contributed by atoms with Crippen LogP contribution in [0.25, 0.3) is 0 Å². The Morgan fingerprint density at radius 2 is 2.10 bits per heavy atom. The highest BCUT2D eigenvalue weighted by molar-refractivity contribution is 5.70. The number of nitro groups is 1. The van der Waals surface area contributed by atoms with Gasteiger partial charge in [-0.1, -0.05) is 0 Å². The van der Waals surface area contributed by atoms with Gasteiger partial charge in [-0.05, 0) is 25.7 Å². The summed E-state index contributed by atoms with van der Waals surface area (Å²) in [5, 5.41) is 22.5. The number of nitrogen functional groups attached to an aromatic ring is 1. The van der Waals surface area contributed by atoms with E-state index in [1.165, 1.54) is 0 Å². The van der Waals surface area contributed by atoms with Crippen LogP contribution in [0.3, 0.4) is 0 Å². The van der Waals surface area contributed by atoms with Crippen molar-refractivity contribution in [3.63, 3.8) is 0 Å². The smallest absolute Gasteiger partial charge is 0.329 e. The Bertz CT molecular complexity index is 528. The molecule has 0 radical (unpaired) electrons. The summed E-state index contributed by atoms with van der Waals surface area (Å²) < 4.78 is 0. The molecule has 0 atom stereocenters. The Labute approximate surface area is 114 Å². The number of aliphatic carboxylic acids is 1. The molecular weight excluding hydrogens is 266 g/mol. The van der Waals surface area contributed by atoms with Crippen molar-refractivity contribution >= 4 is 23.4 Å². The van der Waals surface area contributed by atoms with Gasteiger partial charge in [-0.3, -0.25) is 14.9 Å². The molecule has 1 aromatic rings. The van der Waals surface area contributed by atoms with E-state index in [0.29, 0.717) is 25.7 Å². The van der Waals surface area contributed by atoms with Crippen LogP contribution in [0.2, 0.25) is 0 Å². The molecule has 0 unspecified atom stereocenters. The number of nitrogens with two attached hydrogens (primary N) is 1. The van der Waals surface area contributed by atoms with Crippen LogP contribution < -0.4 is 11.1 Å². The van der Waals surface area contributed by atoms with Crippen molar-refractivity contribution in [1.82, 2.24) is 9.97 Å². The van der Waals surface area contributed by atoms with Gasteiger partial charge in [0.05, 0.1) is 10.8 Å². The molecule has 108 valence electrons. The van der Waals surface area contributed by atoms with Gasteiger partial charge in [0, 0.05) is 6.04 Å². The molecule has 0 amide bonds. The number of carboxylic acid groups (broad SMARTS) is 1. The summed E-state index contributed by atoms with van der Waals surface area (Å²) in [6.45, 7) is 0. The number of carbonyl (C=O) groups is 1. The Balaban J connectivity index is 1.96. The minimum atomic E-state index is -0.765. The average Bonchev–Trinajstić information content (AvgIpc) is 2.39. The average molecular weight is 281 g/mol. The fourth-order valence-corrected chi connectivity index (χ4v) is 2.27. The molecule has 0 saturated heterocycles. The minimum Gasteiger partial charge on any atom is -0.481 e. The summed E-state index contributed by atoms with van der Waals surface area (Å²) in [4.78, 5) is 28.5. The molecule has 2 rings (SSSR count). The first-order valence-corrected chi connectivity index (χ1v) is 6.23. The molecule has 1 heterocycles. The molecule has 9 heteroatoms. The topological polar surface area (TPSA) is 144 Å². The highest BCUT2D eigenvalue weighted by Crippen LogP contribution is 2.26. The van der Waals surface area contributed by atoms with E-state index in [2.05, 4.69) is 15.3 Å². The van der Waals surface area contributed by atoms with Crippen molar-refractivity contribution in [1.29, 1.82) is 0 Å². The SMILES string of the molecule is Nc1nc(NC2CCC(C(=O)O)CC2)ncc1[N+](=O)[O-]. The molecular formula is C11H15N5O4. The number of rotatable bonds is 4. The van der Waals surface area contributed by atoms with E-state index in [1.54, 1.807) is 0 Å². The Morgan fingerprint density at radius 3 is 2.60 bits per heavy atom. The largest absolute Gasteiger partial charge is 0.481 e. The van der Waals surface area contributed by atoms with Crippen molar-refractivity contribution in [3.05, 3.63) is 16.3 Å². The molecule has 4 N–H and O–H groups in total. The van der Waals surface area contributed by atoms with E-state index < -0.39 is 10.9 Å². The maximum Gasteiger partial charge on any atom is 0.329 e. The zero-order valence-corrected chi connectivity index (χ0v) is 10.7. The van der Waals surface area contributed by atoms with Crippen molar-refractivity contribution < 1.29 is 14.8 Å². The van der Waals surface area contributed by atoms with E-state index in [0.717, 1.165) is 6.20 Å². The molecule has 0 aliphatic heterocycles. The van der Waals surface area contributed by atoms with Crippen LogP contribution >= 0.6 is 0 Å². The number of anilines is 2. The number of hydrogen-bond acceptors (Lipinski definition) is 7. The van der Waals surface area contributed by atoms with Gasteiger partial charge in [-0.15, -0.1) is 0 Å². The van der Waals surface area contributed by atoms with Gasteiger partial charge < -0.3 is 16.2 Å². The van der Waals surface area contributed by atoms with E-state index in [-0.39, 0.29) is 29.4 Å². The highest BCUT2D eigenvalue weighted by Gasteiger charge is 2.26. The normalized spacial score (nSPS) is 22.2. The molecule has 1 fully saturated rings. The van der Waals surface area contributed by atoms with E-state index >= 15 is 0 Å². The minimum absolute atomic E-state index is 0.0615. The monoisotopic (exact) mass is 281 g/mol. The molecule has 20 heavy (non-hydrogen) atoms. The van der Waals surface area contributed by atoms with E-state index in [9.17, 15) is 14.9 Å². The first-order valence-electron chi connectivity index (χ1n) is 6.23. The van der Waals surface area contributed by atoms with Gasteiger partial charge >= 0.3 is 11.7 Å². The summed E-state index contributed by atoms with van der Waals surface area (Å²) in [6.07, 6.45) is 3.63. The third kappa shape index (κ3) is 3.11. The lowest BCUT2D eigenvalue weighted by Gasteiger charge is -2.26. The fraction of sp³-hybridized carbons (Fsp3) is 0.545. The van der Waals surface area contributed by atoms with Gasteiger partial charge in [0.2, 0.25) is 11.8 Å². The number of hydrogen-bond donors (Lipinski definition) is 3. The third-order valence-electron chi connectivity index (χ3n) is 3.40. The van der Waals surface area contributed by atoms with E-state index in [1.807, 2.05) is 0 Å². The summed E-state index contributed by atoms with van der Waals surface area (Å²) >= 11 is 0. The van der Waals surface area contributed by atoms with Crippen molar-refractivity contribution in [2.24, 2.45) is 5.92 Å². The summed E-state index contributed by atoms with van der Waals surface area (Å²) in [5.41, 5.74) is 5.15. The molecule has 1 aromatic heterocycles. The third-order valence-corrected chi connectivity index (χ3v) is 3.40. The summed E-state index contributed by atoms with van der Waals surface area (Å²) in [6, 6.07) is 0.0615. The second kappa shape index (κ2) is 5.68. The standard InChI is InChI=1S/C11H15N5O4/c12-9-8(16(19)20)5-13-11(15-9)14-7-3-1-6(2-4-7)10(17)18/h5-7H,1-4H2,(H,17,18)(H3,12,13,14,15).